The molecule has 1 amide bonds. The minimum atomic E-state index is -0.515. The van der Waals surface area contributed by atoms with Crippen molar-refractivity contribution >= 4 is 11.7 Å². The van der Waals surface area contributed by atoms with Gasteiger partial charge < -0.3 is 21.3 Å². The monoisotopic (exact) mass is 604 g/mol. The Morgan fingerprint density at radius 1 is 0.886 bits per heavy atom. The quantitative estimate of drug-likeness (QED) is 0.0486. The smallest absolute Gasteiger partial charge is 0.251 e. The van der Waals surface area contributed by atoms with Crippen LogP contribution < -0.4 is 11.1 Å². The standard InChI is InChI=1S/C38H56N2O4/c1-29(20-14-11-12-19-27-39)21-15-13-16-22-30(2)28-33(5)37(43)31(3)23-17-9-7-6-8-10-18-24-32(4)38(44)40-36-34(41)25-26-35(36)42/h6-11,14-15,17-18,21,23-24,28-31,37,41,43H,12-13,16,19-20,22,25-27,39H2,1-5H3,(H,40,44)/b8-6+,9-7+,14-11+,18-10+,21-15+,23-17+,32-24+,33-28+. The van der Waals surface area contributed by atoms with Crippen molar-refractivity contribution in [2.75, 3.05) is 6.54 Å². The van der Waals surface area contributed by atoms with Crippen molar-refractivity contribution < 1.29 is 19.8 Å². The van der Waals surface area contributed by atoms with Crippen molar-refractivity contribution in [1.82, 2.24) is 5.32 Å². The molecule has 0 heterocycles. The first-order valence-corrected chi connectivity index (χ1v) is 16.1. The lowest BCUT2D eigenvalue weighted by Crippen LogP contribution is -2.27. The molecular formula is C38H56N2O4. The fourth-order valence-corrected chi connectivity index (χ4v) is 4.61. The summed E-state index contributed by atoms with van der Waals surface area (Å²) in [4.78, 5) is 23.9. The Morgan fingerprint density at radius 2 is 1.55 bits per heavy atom. The highest BCUT2D eigenvalue weighted by Gasteiger charge is 2.24. The van der Waals surface area contributed by atoms with E-state index >= 15 is 0 Å². The minimum Gasteiger partial charge on any atom is -0.510 e. The molecule has 44 heavy (non-hydrogen) atoms. The lowest BCUT2D eigenvalue weighted by Gasteiger charge is -2.18. The van der Waals surface area contributed by atoms with Crippen LogP contribution in [0.15, 0.2) is 108 Å². The molecule has 0 saturated carbocycles. The maximum atomic E-state index is 12.2. The summed E-state index contributed by atoms with van der Waals surface area (Å²) in [5.41, 5.74) is 6.96. The molecule has 0 aromatic heterocycles. The van der Waals surface area contributed by atoms with Gasteiger partial charge in [-0.25, -0.2) is 0 Å². The molecule has 6 nitrogen and oxygen atoms in total. The van der Waals surface area contributed by atoms with Gasteiger partial charge in [-0.3, -0.25) is 9.59 Å². The van der Waals surface area contributed by atoms with E-state index in [1.807, 2.05) is 50.3 Å². The van der Waals surface area contributed by atoms with Crippen LogP contribution in [-0.2, 0) is 9.59 Å². The van der Waals surface area contributed by atoms with Crippen LogP contribution in [-0.4, -0.2) is 34.6 Å². The molecule has 0 bridgehead atoms. The Hall–Kier alpha value is -3.48. The van der Waals surface area contributed by atoms with Gasteiger partial charge in [-0.1, -0.05) is 106 Å². The van der Waals surface area contributed by atoms with Crippen LogP contribution in [0, 0.1) is 17.8 Å². The van der Waals surface area contributed by atoms with E-state index in [4.69, 9.17) is 5.73 Å². The Kier molecular flexibility index (Phi) is 20.1. The van der Waals surface area contributed by atoms with Crippen molar-refractivity contribution in [3.05, 3.63) is 108 Å². The lowest BCUT2D eigenvalue weighted by molar-refractivity contribution is -0.120. The largest absolute Gasteiger partial charge is 0.510 e. The van der Waals surface area contributed by atoms with E-state index in [1.54, 1.807) is 25.2 Å². The number of hydrogen-bond donors (Lipinski definition) is 4. The van der Waals surface area contributed by atoms with Gasteiger partial charge in [0, 0.05) is 24.3 Å². The number of Topliss-reactive ketones (excluding diaryl/α,β-unsaturated/α-hetero) is 1. The summed E-state index contributed by atoms with van der Waals surface area (Å²) < 4.78 is 0. The molecule has 0 saturated heterocycles. The van der Waals surface area contributed by atoms with E-state index < -0.39 is 12.0 Å². The molecule has 4 unspecified atom stereocenters. The summed E-state index contributed by atoms with van der Waals surface area (Å²) in [5, 5.41) is 22.9. The number of rotatable bonds is 20. The van der Waals surface area contributed by atoms with Crippen molar-refractivity contribution in [3.63, 3.8) is 0 Å². The van der Waals surface area contributed by atoms with Gasteiger partial charge in [-0.15, -0.1) is 0 Å². The van der Waals surface area contributed by atoms with Gasteiger partial charge in [0.1, 0.15) is 11.5 Å². The molecule has 6 heteroatoms. The first-order chi connectivity index (χ1) is 21.1. The summed E-state index contributed by atoms with van der Waals surface area (Å²) in [6.45, 7) is 10.9. The highest BCUT2D eigenvalue weighted by molar-refractivity contribution is 6.04. The highest BCUT2D eigenvalue weighted by Crippen LogP contribution is 2.20. The van der Waals surface area contributed by atoms with Gasteiger partial charge in [-0.05, 0) is 76.3 Å². The third-order valence-corrected chi connectivity index (χ3v) is 7.44. The molecule has 0 aromatic carbocycles. The third-order valence-electron chi connectivity index (χ3n) is 7.44. The number of carbonyl (C=O) groups excluding carboxylic acids is 2. The number of amides is 1. The number of unbranched alkanes of at least 4 members (excludes halogenated alkanes) is 2. The Labute approximate surface area is 266 Å². The minimum absolute atomic E-state index is 0.00258. The first kappa shape index (κ1) is 38.5. The lowest BCUT2D eigenvalue weighted by atomic mass is 9.93. The van der Waals surface area contributed by atoms with Crippen LogP contribution in [0.1, 0.15) is 86.0 Å². The number of nitrogens with two attached hydrogens (primary N) is 1. The van der Waals surface area contributed by atoms with Crippen molar-refractivity contribution in [2.24, 2.45) is 23.5 Å². The van der Waals surface area contributed by atoms with Crippen LogP contribution in [0.4, 0.5) is 0 Å². The number of aliphatic hydroxyl groups excluding tert-OH is 2. The van der Waals surface area contributed by atoms with E-state index in [9.17, 15) is 19.8 Å². The maximum absolute atomic E-state index is 12.2. The number of nitrogens with one attached hydrogen (secondary N) is 1. The Morgan fingerprint density at radius 3 is 2.20 bits per heavy atom. The predicted molar refractivity (Wildman–Crippen MR) is 185 cm³/mol. The average molecular weight is 605 g/mol. The van der Waals surface area contributed by atoms with Gasteiger partial charge in [0.25, 0.3) is 5.91 Å². The van der Waals surface area contributed by atoms with E-state index in [-0.39, 0.29) is 36.0 Å². The van der Waals surface area contributed by atoms with Crippen molar-refractivity contribution in [2.45, 2.75) is 92.1 Å². The average Bonchev–Trinajstić information content (AvgIpc) is 3.31. The van der Waals surface area contributed by atoms with Crippen LogP contribution in [0.5, 0.6) is 0 Å². The fraction of sp³-hybridized carbons (Fsp3) is 0.474. The molecule has 0 aromatic rings. The molecule has 242 valence electrons. The summed E-state index contributed by atoms with van der Waals surface area (Å²) in [7, 11) is 0. The number of ketones is 1. The van der Waals surface area contributed by atoms with E-state index in [0.29, 0.717) is 17.4 Å². The molecular weight excluding hydrogens is 548 g/mol. The highest BCUT2D eigenvalue weighted by atomic mass is 16.3. The van der Waals surface area contributed by atoms with Crippen molar-refractivity contribution in [1.29, 1.82) is 0 Å². The molecule has 0 spiro atoms. The van der Waals surface area contributed by atoms with Gasteiger partial charge in [0.15, 0.2) is 5.78 Å². The summed E-state index contributed by atoms with van der Waals surface area (Å²) in [6.07, 6.45) is 34.4. The van der Waals surface area contributed by atoms with Gasteiger partial charge in [-0.2, -0.15) is 0 Å². The Bertz CT molecular complexity index is 1160. The molecule has 0 radical (unpaired) electrons. The SMILES string of the molecule is C\C(=C/C=C/C=C/C=C/C=C/C(C)C(O)/C(C)=C/C(C)CCC/C=C/C(C)C/C=C/CCCN)C(=O)NC1=C(O)CCC1=O. The van der Waals surface area contributed by atoms with Gasteiger partial charge in [0.05, 0.1) is 6.10 Å². The third kappa shape index (κ3) is 17.0. The van der Waals surface area contributed by atoms with Crippen LogP contribution >= 0.6 is 0 Å². The van der Waals surface area contributed by atoms with E-state index in [0.717, 1.165) is 50.6 Å². The zero-order valence-electron chi connectivity index (χ0n) is 27.5. The normalized spacial score (nSPS) is 18.3. The van der Waals surface area contributed by atoms with Crippen LogP contribution in [0.2, 0.25) is 0 Å². The fourth-order valence-electron chi connectivity index (χ4n) is 4.61. The molecule has 1 aliphatic rings. The second-order valence-electron chi connectivity index (χ2n) is 11.8. The maximum Gasteiger partial charge on any atom is 0.251 e. The van der Waals surface area contributed by atoms with Crippen molar-refractivity contribution in [3.8, 4) is 0 Å². The molecule has 1 aliphatic carbocycles. The van der Waals surface area contributed by atoms with E-state index in [1.165, 1.54) is 0 Å². The molecule has 0 aliphatic heterocycles. The molecule has 0 fully saturated rings. The first-order valence-electron chi connectivity index (χ1n) is 16.1. The van der Waals surface area contributed by atoms with E-state index in [2.05, 4.69) is 49.5 Å². The van der Waals surface area contributed by atoms with Gasteiger partial charge >= 0.3 is 0 Å². The predicted octanol–water partition coefficient (Wildman–Crippen LogP) is 8.03. The number of hydrogen-bond acceptors (Lipinski definition) is 5. The summed E-state index contributed by atoms with van der Waals surface area (Å²) >= 11 is 0. The second-order valence-corrected chi connectivity index (χ2v) is 11.8. The summed E-state index contributed by atoms with van der Waals surface area (Å²) in [5.74, 6) is 0.255. The van der Waals surface area contributed by atoms with Gasteiger partial charge in [0.2, 0.25) is 0 Å². The number of carbonyl (C=O) groups is 2. The Balaban J connectivity index is 2.37. The number of aliphatic hydroxyl groups is 2. The molecule has 1 rings (SSSR count). The zero-order chi connectivity index (χ0) is 32.7. The molecule has 5 N–H and O–H groups in total. The van der Waals surface area contributed by atoms with Crippen LogP contribution in [0.25, 0.3) is 0 Å². The number of allylic oxidation sites excluding steroid dienone is 15. The van der Waals surface area contributed by atoms with Crippen LogP contribution in [0.3, 0.4) is 0 Å². The zero-order valence-corrected chi connectivity index (χ0v) is 27.5. The second kappa shape index (κ2) is 23.0. The summed E-state index contributed by atoms with van der Waals surface area (Å²) in [6, 6.07) is 0. The topological polar surface area (TPSA) is 113 Å². The molecule has 4 atom stereocenters.